The van der Waals surface area contributed by atoms with Crippen LogP contribution in [0.4, 0.5) is 10.1 Å². The fraction of sp³-hybridized carbons (Fsp3) is 0.462. The van der Waals surface area contributed by atoms with Crippen LogP contribution in [0.25, 0.3) is 0 Å². The molecule has 1 saturated heterocycles. The summed E-state index contributed by atoms with van der Waals surface area (Å²) >= 11 is 0. The van der Waals surface area contributed by atoms with Gasteiger partial charge in [-0.15, -0.1) is 0 Å². The molecule has 16 heavy (non-hydrogen) atoms. The first-order valence-electron chi connectivity index (χ1n) is 5.71. The Bertz CT molecular complexity index is 403. The van der Waals surface area contributed by atoms with Gasteiger partial charge in [0, 0.05) is 13.1 Å². The summed E-state index contributed by atoms with van der Waals surface area (Å²) in [5.41, 5.74) is 1.43. The highest BCUT2D eigenvalue weighted by Crippen LogP contribution is 2.24. The minimum Gasteiger partial charge on any atom is -0.369 e. The van der Waals surface area contributed by atoms with Gasteiger partial charge in [0.25, 0.3) is 0 Å². The molecule has 1 heterocycles. The Kier molecular flexibility index (Phi) is 3.40. The lowest BCUT2D eigenvalue weighted by Crippen LogP contribution is -2.30. The number of piperidine rings is 1. The first kappa shape index (κ1) is 10.9. The van der Waals surface area contributed by atoms with Crippen molar-refractivity contribution in [2.75, 3.05) is 18.0 Å². The predicted molar refractivity (Wildman–Crippen MR) is 61.8 cm³/mol. The molecule has 0 N–H and O–H groups in total. The maximum atomic E-state index is 13.8. The van der Waals surface area contributed by atoms with Gasteiger partial charge in [0.05, 0.1) is 18.2 Å². The average molecular weight is 218 g/mol. The average Bonchev–Trinajstić information content (AvgIpc) is 2.31. The third-order valence-corrected chi connectivity index (χ3v) is 2.99. The summed E-state index contributed by atoms with van der Waals surface area (Å²) in [5, 5.41) is 8.55. The molecule has 3 heteroatoms. The van der Waals surface area contributed by atoms with Gasteiger partial charge in [-0.3, -0.25) is 0 Å². The van der Waals surface area contributed by atoms with Crippen molar-refractivity contribution in [3.8, 4) is 6.07 Å². The van der Waals surface area contributed by atoms with E-state index in [0.29, 0.717) is 5.69 Å². The summed E-state index contributed by atoms with van der Waals surface area (Å²) in [6, 6.07) is 7.15. The van der Waals surface area contributed by atoms with E-state index >= 15 is 0 Å². The zero-order valence-electron chi connectivity index (χ0n) is 9.25. The second-order valence-electron chi connectivity index (χ2n) is 4.17. The molecule has 1 aliphatic heterocycles. The van der Waals surface area contributed by atoms with Crippen LogP contribution >= 0.6 is 0 Å². The van der Waals surface area contributed by atoms with Crippen molar-refractivity contribution >= 4 is 5.69 Å². The van der Waals surface area contributed by atoms with Crippen molar-refractivity contribution < 1.29 is 4.39 Å². The van der Waals surface area contributed by atoms with Crippen LogP contribution < -0.4 is 4.90 Å². The number of rotatable bonds is 2. The number of halogens is 1. The Hall–Kier alpha value is -1.56. The van der Waals surface area contributed by atoms with Crippen molar-refractivity contribution in [2.45, 2.75) is 25.7 Å². The fourth-order valence-electron chi connectivity index (χ4n) is 2.14. The Morgan fingerprint density at radius 1 is 1.25 bits per heavy atom. The number of nitriles is 1. The highest BCUT2D eigenvalue weighted by molar-refractivity contribution is 5.49. The summed E-state index contributed by atoms with van der Waals surface area (Å²) in [4.78, 5) is 2.09. The van der Waals surface area contributed by atoms with E-state index in [2.05, 4.69) is 4.90 Å². The molecular weight excluding hydrogens is 203 g/mol. The summed E-state index contributed by atoms with van der Waals surface area (Å²) in [5.74, 6) is -0.199. The van der Waals surface area contributed by atoms with Gasteiger partial charge in [-0.1, -0.05) is 6.07 Å². The molecule has 0 spiro atoms. The van der Waals surface area contributed by atoms with Gasteiger partial charge in [-0.25, -0.2) is 4.39 Å². The maximum absolute atomic E-state index is 13.8. The maximum Gasteiger partial charge on any atom is 0.146 e. The molecule has 0 saturated carbocycles. The normalized spacial score (nSPS) is 15.9. The lowest BCUT2D eigenvalue weighted by Gasteiger charge is -2.29. The molecule has 1 aromatic rings. The van der Waals surface area contributed by atoms with Gasteiger partial charge in [0.15, 0.2) is 0 Å². The van der Waals surface area contributed by atoms with Crippen molar-refractivity contribution in [1.82, 2.24) is 0 Å². The Morgan fingerprint density at radius 2 is 2.00 bits per heavy atom. The SMILES string of the molecule is N#CCc1ccc(N2CCCCC2)c(F)c1. The van der Waals surface area contributed by atoms with Crippen LogP contribution in [0.3, 0.4) is 0 Å². The minimum atomic E-state index is -0.199. The van der Waals surface area contributed by atoms with Crippen molar-refractivity contribution in [1.29, 1.82) is 5.26 Å². The standard InChI is InChI=1S/C13H15FN2/c14-12-10-11(6-7-15)4-5-13(12)16-8-2-1-3-9-16/h4-5,10H,1-3,6,8-9H2. The third-order valence-electron chi connectivity index (χ3n) is 2.99. The molecule has 2 rings (SSSR count). The zero-order valence-corrected chi connectivity index (χ0v) is 9.25. The van der Waals surface area contributed by atoms with Gasteiger partial charge < -0.3 is 4.90 Å². The molecule has 1 aliphatic rings. The quantitative estimate of drug-likeness (QED) is 0.763. The van der Waals surface area contributed by atoms with Crippen molar-refractivity contribution in [3.63, 3.8) is 0 Å². The van der Waals surface area contributed by atoms with Gasteiger partial charge >= 0.3 is 0 Å². The van der Waals surface area contributed by atoms with Gasteiger partial charge in [-0.2, -0.15) is 5.26 Å². The minimum absolute atomic E-state index is 0.199. The number of anilines is 1. The number of benzene rings is 1. The first-order valence-corrected chi connectivity index (χ1v) is 5.71. The highest BCUT2D eigenvalue weighted by Gasteiger charge is 2.14. The Labute approximate surface area is 95.3 Å². The van der Waals surface area contributed by atoms with Gasteiger partial charge in [0.2, 0.25) is 0 Å². The van der Waals surface area contributed by atoms with E-state index in [1.165, 1.54) is 12.5 Å². The van der Waals surface area contributed by atoms with Crippen molar-refractivity contribution in [2.24, 2.45) is 0 Å². The second-order valence-corrected chi connectivity index (χ2v) is 4.17. The van der Waals surface area contributed by atoms with E-state index in [4.69, 9.17) is 5.26 Å². The van der Waals surface area contributed by atoms with Gasteiger partial charge in [0.1, 0.15) is 5.82 Å². The van der Waals surface area contributed by atoms with Crippen LogP contribution in [0.5, 0.6) is 0 Å². The van der Waals surface area contributed by atoms with Crippen LogP contribution in [0.2, 0.25) is 0 Å². The summed E-state index contributed by atoms with van der Waals surface area (Å²) in [6.07, 6.45) is 3.79. The lowest BCUT2D eigenvalue weighted by molar-refractivity contribution is 0.556. The molecule has 1 aromatic carbocycles. The van der Waals surface area contributed by atoms with Crippen LogP contribution in [-0.2, 0) is 6.42 Å². The number of nitrogens with zero attached hydrogens (tertiary/aromatic N) is 2. The lowest BCUT2D eigenvalue weighted by atomic mass is 10.1. The van der Waals surface area contributed by atoms with E-state index in [0.717, 1.165) is 31.5 Å². The monoisotopic (exact) mass is 218 g/mol. The van der Waals surface area contributed by atoms with Gasteiger partial charge in [-0.05, 0) is 37.0 Å². The van der Waals surface area contributed by atoms with E-state index in [1.807, 2.05) is 12.1 Å². The number of hydrogen-bond donors (Lipinski definition) is 0. The van der Waals surface area contributed by atoms with Crippen LogP contribution in [0, 0.1) is 17.1 Å². The van der Waals surface area contributed by atoms with Crippen molar-refractivity contribution in [3.05, 3.63) is 29.6 Å². The molecule has 0 atom stereocenters. The number of hydrogen-bond acceptors (Lipinski definition) is 2. The molecule has 2 nitrogen and oxygen atoms in total. The molecule has 0 amide bonds. The van der Waals surface area contributed by atoms with Crippen LogP contribution in [0.1, 0.15) is 24.8 Å². The summed E-state index contributed by atoms with van der Waals surface area (Å²) < 4.78 is 13.8. The highest BCUT2D eigenvalue weighted by atomic mass is 19.1. The molecule has 0 aliphatic carbocycles. The Morgan fingerprint density at radius 3 is 2.62 bits per heavy atom. The van der Waals surface area contributed by atoms with E-state index in [-0.39, 0.29) is 12.2 Å². The zero-order chi connectivity index (χ0) is 11.4. The Balaban J connectivity index is 2.18. The molecule has 1 fully saturated rings. The predicted octanol–water partition coefficient (Wildman–Crippen LogP) is 2.88. The van der Waals surface area contributed by atoms with Crippen LogP contribution in [-0.4, -0.2) is 13.1 Å². The topological polar surface area (TPSA) is 27.0 Å². The fourth-order valence-corrected chi connectivity index (χ4v) is 2.14. The largest absolute Gasteiger partial charge is 0.369 e. The second kappa shape index (κ2) is 4.98. The third kappa shape index (κ3) is 2.33. The summed E-state index contributed by atoms with van der Waals surface area (Å²) in [6.45, 7) is 1.88. The van der Waals surface area contributed by atoms with E-state index < -0.39 is 0 Å². The van der Waals surface area contributed by atoms with E-state index in [9.17, 15) is 4.39 Å². The molecule has 0 aromatic heterocycles. The molecule has 0 radical (unpaired) electrons. The smallest absolute Gasteiger partial charge is 0.146 e. The van der Waals surface area contributed by atoms with E-state index in [1.54, 1.807) is 6.07 Å². The molecular formula is C13H15FN2. The first-order chi connectivity index (χ1) is 7.81. The van der Waals surface area contributed by atoms with Crippen LogP contribution in [0.15, 0.2) is 18.2 Å². The molecule has 84 valence electrons. The summed E-state index contributed by atoms with van der Waals surface area (Å²) in [7, 11) is 0. The molecule has 0 bridgehead atoms. The molecule has 0 unspecified atom stereocenters.